The van der Waals surface area contributed by atoms with Crippen LogP contribution in [-0.2, 0) is 26.0 Å². The van der Waals surface area contributed by atoms with Gasteiger partial charge in [-0.3, -0.25) is 9.78 Å². The van der Waals surface area contributed by atoms with Gasteiger partial charge in [-0.25, -0.2) is 18.2 Å². The highest BCUT2D eigenvalue weighted by Gasteiger charge is 2.33. The molecule has 4 rings (SSSR count). The van der Waals surface area contributed by atoms with E-state index in [4.69, 9.17) is 4.74 Å². The van der Waals surface area contributed by atoms with Crippen LogP contribution in [0.4, 0.5) is 11.5 Å². The predicted molar refractivity (Wildman–Crippen MR) is 153 cm³/mol. The fourth-order valence-electron chi connectivity index (χ4n) is 4.87. The van der Waals surface area contributed by atoms with Crippen molar-refractivity contribution in [2.45, 2.75) is 49.9 Å². The third kappa shape index (κ3) is 6.95. The van der Waals surface area contributed by atoms with E-state index in [0.717, 1.165) is 25.7 Å². The normalized spacial score (nSPS) is 14.4. The first-order valence-corrected chi connectivity index (χ1v) is 14.9. The number of carbonyl (C=O) groups excluding carboxylic acids is 2. The molecule has 0 bridgehead atoms. The van der Waals surface area contributed by atoms with Crippen molar-refractivity contribution < 1.29 is 22.7 Å². The molecule has 0 saturated heterocycles. The lowest BCUT2D eigenvalue weighted by atomic mass is 9.97. The van der Waals surface area contributed by atoms with Gasteiger partial charge in [-0.1, -0.05) is 50.0 Å². The number of nitrogens with zero attached hydrogens (tertiary/aromatic N) is 4. The second-order valence-electron chi connectivity index (χ2n) is 10.1. The van der Waals surface area contributed by atoms with Crippen molar-refractivity contribution in [1.29, 1.82) is 0 Å². The van der Waals surface area contributed by atoms with Gasteiger partial charge in [0.2, 0.25) is 20.9 Å². The number of sulfone groups is 1. The number of anilines is 2. The molecule has 1 amide bonds. The Morgan fingerprint density at radius 3 is 2.62 bits per heavy atom. The molecule has 1 N–H and O–H groups in total. The topological polar surface area (TPSA) is 123 Å². The lowest BCUT2D eigenvalue weighted by molar-refractivity contribution is -0.120. The molecule has 212 valence electrons. The van der Waals surface area contributed by atoms with E-state index in [2.05, 4.69) is 21.9 Å². The van der Waals surface area contributed by atoms with E-state index in [1.165, 1.54) is 16.8 Å². The van der Waals surface area contributed by atoms with Crippen LogP contribution < -0.4 is 10.2 Å². The zero-order valence-corrected chi connectivity index (χ0v) is 23.6. The van der Waals surface area contributed by atoms with Gasteiger partial charge in [0, 0.05) is 43.9 Å². The van der Waals surface area contributed by atoms with Gasteiger partial charge in [0.05, 0.1) is 11.3 Å². The number of amides is 1. The van der Waals surface area contributed by atoms with Gasteiger partial charge in [-0.15, -0.1) is 6.58 Å². The lowest BCUT2D eigenvalue weighted by Crippen LogP contribution is -2.30. The molecule has 0 spiro atoms. The molecule has 40 heavy (non-hydrogen) atoms. The Hall–Kier alpha value is -3.99. The summed E-state index contributed by atoms with van der Waals surface area (Å²) in [5.74, 6) is -0.461. The smallest absolute Gasteiger partial charge is 0.340 e. The SMILES string of the molecule is C=CCS(=O)(=O)c1nc(N(C)C)cn1C(CC1CCCC1)C(=O)Nc1ccccc1COC(=O)c1cccnc1. The van der Waals surface area contributed by atoms with Crippen LogP contribution in [0.5, 0.6) is 0 Å². The Kier molecular flexibility index (Phi) is 9.36. The molecule has 10 nitrogen and oxygen atoms in total. The summed E-state index contributed by atoms with van der Waals surface area (Å²) in [5.41, 5.74) is 1.41. The number of benzene rings is 1. The van der Waals surface area contributed by atoms with Gasteiger partial charge in [-0.05, 0) is 30.5 Å². The Bertz CT molecular complexity index is 1450. The van der Waals surface area contributed by atoms with E-state index in [0.29, 0.717) is 29.1 Å². The van der Waals surface area contributed by atoms with Crippen LogP contribution >= 0.6 is 0 Å². The molecule has 1 saturated carbocycles. The summed E-state index contributed by atoms with van der Waals surface area (Å²) in [7, 11) is -0.288. The predicted octanol–water partition coefficient (Wildman–Crippen LogP) is 4.42. The van der Waals surface area contributed by atoms with E-state index in [9.17, 15) is 18.0 Å². The highest BCUT2D eigenvalue weighted by Crippen LogP contribution is 2.35. The van der Waals surface area contributed by atoms with Crippen molar-refractivity contribution in [1.82, 2.24) is 14.5 Å². The highest BCUT2D eigenvalue weighted by atomic mass is 32.2. The van der Waals surface area contributed by atoms with Crippen molar-refractivity contribution in [3.8, 4) is 0 Å². The van der Waals surface area contributed by atoms with Crippen molar-refractivity contribution >= 4 is 33.2 Å². The molecule has 2 aromatic heterocycles. The molecular formula is C29H35N5O5S. The second-order valence-corrected chi connectivity index (χ2v) is 12.0. The summed E-state index contributed by atoms with van der Waals surface area (Å²) in [6.45, 7) is 3.51. The van der Waals surface area contributed by atoms with Crippen LogP contribution in [0, 0.1) is 5.92 Å². The molecule has 1 atom stereocenters. The number of rotatable bonds is 12. The summed E-state index contributed by atoms with van der Waals surface area (Å²) in [6, 6.07) is 9.50. The molecule has 0 aliphatic heterocycles. The maximum Gasteiger partial charge on any atom is 0.340 e. The van der Waals surface area contributed by atoms with Gasteiger partial charge >= 0.3 is 5.97 Å². The molecule has 1 fully saturated rings. The zero-order valence-electron chi connectivity index (χ0n) is 22.8. The third-order valence-corrected chi connectivity index (χ3v) is 8.49. The third-order valence-electron chi connectivity index (χ3n) is 6.96. The van der Waals surface area contributed by atoms with Gasteiger partial charge < -0.3 is 19.5 Å². The minimum absolute atomic E-state index is 0.0632. The monoisotopic (exact) mass is 565 g/mol. The average molecular weight is 566 g/mol. The summed E-state index contributed by atoms with van der Waals surface area (Å²) < 4.78 is 33.3. The molecular weight excluding hydrogens is 530 g/mol. The number of carbonyl (C=O) groups is 2. The van der Waals surface area contributed by atoms with E-state index in [-0.39, 0.29) is 29.3 Å². The number of para-hydroxylation sites is 1. The maximum absolute atomic E-state index is 13.9. The summed E-state index contributed by atoms with van der Waals surface area (Å²) in [4.78, 5) is 36.4. The minimum Gasteiger partial charge on any atom is -0.457 e. The van der Waals surface area contributed by atoms with Crippen LogP contribution in [0.2, 0.25) is 0 Å². The number of pyridine rings is 1. The fourth-order valence-corrected chi connectivity index (χ4v) is 6.06. The molecule has 11 heteroatoms. The summed E-state index contributed by atoms with van der Waals surface area (Å²) in [5, 5.41) is 2.82. The minimum atomic E-state index is -3.83. The zero-order chi connectivity index (χ0) is 28.7. The number of imidazole rings is 1. The van der Waals surface area contributed by atoms with E-state index >= 15 is 0 Å². The van der Waals surface area contributed by atoms with Crippen LogP contribution in [0.3, 0.4) is 0 Å². The molecule has 1 aliphatic carbocycles. The maximum atomic E-state index is 13.9. The molecule has 1 unspecified atom stereocenters. The highest BCUT2D eigenvalue weighted by molar-refractivity contribution is 7.91. The molecule has 1 aliphatic rings. The first-order chi connectivity index (χ1) is 19.2. The van der Waals surface area contributed by atoms with Gasteiger partial charge in [0.15, 0.2) is 0 Å². The number of hydrogen-bond donors (Lipinski definition) is 1. The number of nitrogens with one attached hydrogen (secondary N) is 1. The number of ether oxygens (including phenoxy) is 1. The first kappa shape index (κ1) is 29.0. The standard InChI is InChI=1S/C29H35N5O5S/c1-4-16-40(37,38)29-32-26(33(2)3)19-34(29)25(17-21-10-5-6-11-21)27(35)31-24-14-8-7-12-23(24)20-39-28(36)22-13-9-15-30-18-22/h4,7-9,12-15,18-19,21,25H,1,5-6,10-11,16-17,20H2,2-3H3,(H,31,35). The summed E-state index contributed by atoms with van der Waals surface area (Å²) >= 11 is 0. The molecule has 3 aromatic rings. The fraction of sp³-hybridized carbons (Fsp3) is 0.379. The van der Waals surface area contributed by atoms with Crippen LogP contribution in [0.1, 0.15) is 54.1 Å². The largest absolute Gasteiger partial charge is 0.457 e. The van der Waals surface area contributed by atoms with Crippen LogP contribution in [0.25, 0.3) is 0 Å². The number of aromatic nitrogens is 3. The Morgan fingerprint density at radius 1 is 1.20 bits per heavy atom. The Balaban J connectivity index is 1.63. The van der Waals surface area contributed by atoms with Gasteiger partial charge in [-0.2, -0.15) is 0 Å². The van der Waals surface area contributed by atoms with Gasteiger partial charge in [0.1, 0.15) is 18.5 Å². The van der Waals surface area contributed by atoms with Crippen molar-refractivity contribution in [3.63, 3.8) is 0 Å². The average Bonchev–Trinajstić information content (AvgIpc) is 3.62. The molecule has 2 heterocycles. The summed E-state index contributed by atoms with van der Waals surface area (Å²) in [6.07, 6.45) is 10.5. The second kappa shape index (κ2) is 12.9. The number of esters is 1. The van der Waals surface area contributed by atoms with Crippen LogP contribution in [-0.4, -0.2) is 54.7 Å². The van der Waals surface area contributed by atoms with E-state index in [1.54, 1.807) is 67.8 Å². The van der Waals surface area contributed by atoms with Crippen molar-refractivity contribution in [3.05, 3.63) is 78.8 Å². The first-order valence-electron chi connectivity index (χ1n) is 13.3. The molecule has 0 radical (unpaired) electrons. The quantitative estimate of drug-likeness (QED) is 0.253. The van der Waals surface area contributed by atoms with Crippen LogP contribution in [0.15, 0.2) is 72.8 Å². The lowest BCUT2D eigenvalue weighted by Gasteiger charge is -2.23. The Morgan fingerprint density at radius 2 is 1.95 bits per heavy atom. The van der Waals surface area contributed by atoms with E-state index < -0.39 is 21.8 Å². The number of hydrogen-bond acceptors (Lipinski definition) is 8. The molecule has 1 aromatic carbocycles. The van der Waals surface area contributed by atoms with Crippen molar-refractivity contribution in [2.75, 3.05) is 30.1 Å². The Labute approximate surface area is 235 Å². The van der Waals surface area contributed by atoms with E-state index in [1.807, 2.05) is 0 Å². The van der Waals surface area contributed by atoms with Gasteiger partial charge in [0.25, 0.3) is 0 Å². The van der Waals surface area contributed by atoms with Crippen molar-refractivity contribution in [2.24, 2.45) is 5.92 Å².